The number of ether oxygens (including phenoxy) is 1. The number of imidazole rings is 1. The van der Waals surface area contributed by atoms with Gasteiger partial charge < -0.3 is 36.2 Å². The molecule has 0 unspecified atom stereocenters. The first-order chi connectivity index (χ1) is 13.7. The van der Waals surface area contributed by atoms with Crippen molar-refractivity contribution < 1.29 is 34.9 Å². The Kier molecular flexibility index (Phi) is 5.50. The van der Waals surface area contributed by atoms with Crippen LogP contribution in [0.15, 0.2) is 30.5 Å². The number of nitrogens with zero attached hydrogens (tertiary/aromatic N) is 3. The molecule has 0 bridgehead atoms. The lowest BCUT2D eigenvalue weighted by molar-refractivity contribution is -0.384. The van der Waals surface area contributed by atoms with E-state index in [2.05, 4.69) is 10.3 Å². The molecule has 1 amide bonds. The molecule has 4 atom stereocenters. The van der Waals surface area contributed by atoms with Crippen molar-refractivity contribution in [1.29, 1.82) is 0 Å². The molecule has 1 aliphatic rings. The first-order valence-corrected chi connectivity index (χ1v) is 8.41. The third-order valence-corrected chi connectivity index (χ3v) is 4.51. The summed E-state index contributed by atoms with van der Waals surface area (Å²) >= 11 is 0. The van der Waals surface area contributed by atoms with Crippen LogP contribution in [0.4, 0.5) is 11.6 Å². The van der Waals surface area contributed by atoms with Crippen molar-refractivity contribution >= 4 is 17.5 Å². The number of non-ortho nitro benzene ring substituents is 1. The Balaban J connectivity index is 1.72. The maximum atomic E-state index is 12.3. The van der Waals surface area contributed by atoms with Gasteiger partial charge in [0.2, 0.25) is 5.95 Å². The van der Waals surface area contributed by atoms with Gasteiger partial charge in [-0.1, -0.05) is 12.1 Å². The molecule has 7 N–H and O–H groups in total. The summed E-state index contributed by atoms with van der Waals surface area (Å²) in [5.41, 5.74) is 6.00. The second kappa shape index (κ2) is 7.73. The van der Waals surface area contributed by atoms with Gasteiger partial charge in [0.25, 0.3) is 17.5 Å². The molecule has 1 aromatic carbocycles. The first kappa shape index (κ1) is 20.6. The average Bonchev–Trinajstić information content (AvgIpc) is 3.20. The molecule has 13 nitrogen and oxygen atoms in total. The van der Waals surface area contributed by atoms with Crippen LogP contribution in [0.1, 0.15) is 16.1 Å². The number of aliphatic hydroxyl groups is 4. The van der Waals surface area contributed by atoms with E-state index in [-0.39, 0.29) is 23.9 Å². The summed E-state index contributed by atoms with van der Waals surface area (Å²) in [6, 6.07) is 5.55. The number of nitro benzene ring substituents is 1. The lowest BCUT2D eigenvalue weighted by Gasteiger charge is -2.27. The van der Waals surface area contributed by atoms with Crippen LogP contribution < -0.4 is 11.1 Å². The molecule has 2 heterocycles. The van der Waals surface area contributed by atoms with Gasteiger partial charge in [0.1, 0.15) is 17.9 Å². The SMILES string of the molecule is Nc1nc(C(=O)NCc2ccc([N+](=O)[O-])cc2)cn1[C@]1(O)O[C@H](CO)[C@@H](O)[C@H]1O. The van der Waals surface area contributed by atoms with Gasteiger partial charge in [-0.05, 0) is 5.56 Å². The summed E-state index contributed by atoms with van der Waals surface area (Å²) in [4.78, 5) is 26.2. The highest BCUT2D eigenvalue weighted by Crippen LogP contribution is 2.35. The second-order valence-electron chi connectivity index (χ2n) is 6.39. The number of hydrogen-bond donors (Lipinski definition) is 6. The number of nitro groups is 1. The van der Waals surface area contributed by atoms with E-state index in [9.17, 15) is 30.2 Å². The number of anilines is 1. The van der Waals surface area contributed by atoms with Gasteiger partial charge in [0.05, 0.1) is 11.5 Å². The Morgan fingerprint density at radius 3 is 2.59 bits per heavy atom. The van der Waals surface area contributed by atoms with Gasteiger partial charge >= 0.3 is 0 Å². The zero-order chi connectivity index (χ0) is 21.3. The Hall–Kier alpha value is -3.10. The fourth-order valence-electron chi connectivity index (χ4n) is 2.90. The molecule has 0 radical (unpaired) electrons. The van der Waals surface area contributed by atoms with Crippen molar-refractivity contribution in [2.75, 3.05) is 12.3 Å². The highest BCUT2D eigenvalue weighted by molar-refractivity contribution is 5.92. The minimum Gasteiger partial charge on any atom is -0.394 e. The number of carbonyl (C=O) groups excluding carboxylic acids is 1. The van der Waals surface area contributed by atoms with E-state index in [0.717, 1.165) is 10.8 Å². The normalized spacial score (nSPS) is 26.4. The van der Waals surface area contributed by atoms with Crippen LogP contribution in [0.2, 0.25) is 0 Å². The fraction of sp³-hybridized carbons (Fsp3) is 0.375. The molecule has 0 spiro atoms. The van der Waals surface area contributed by atoms with E-state index in [0.29, 0.717) is 5.56 Å². The predicted molar refractivity (Wildman–Crippen MR) is 95.1 cm³/mol. The summed E-state index contributed by atoms with van der Waals surface area (Å²) in [5.74, 6) is -3.58. The highest BCUT2D eigenvalue weighted by Gasteiger charge is 2.55. The van der Waals surface area contributed by atoms with E-state index in [4.69, 9.17) is 15.6 Å². The van der Waals surface area contributed by atoms with Crippen LogP contribution in [-0.4, -0.2) is 65.7 Å². The third kappa shape index (κ3) is 3.76. The molecule has 1 aliphatic heterocycles. The smallest absolute Gasteiger partial charge is 0.286 e. The lowest BCUT2D eigenvalue weighted by atomic mass is 10.1. The molecule has 1 aromatic heterocycles. The molecular weight excluding hydrogens is 390 g/mol. The minimum absolute atomic E-state index is 0.0400. The third-order valence-electron chi connectivity index (χ3n) is 4.51. The number of rotatable bonds is 6. The molecule has 3 rings (SSSR count). The van der Waals surface area contributed by atoms with Crippen LogP contribution in [0.5, 0.6) is 0 Å². The predicted octanol–water partition coefficient (Wildman–Crippen LogP) is -1.98. The van der Waals surface area contributed by atoms with Crippen molar-refractivity contribution in [1.82, 2.24) is 14.9 Å². The van der Waals surface area contributed by atoms with Crippen LogP contribution in [0, 0.1) is 10.1 Å². The summed E-state index contributed by atoms with van der Waals surface area (Å²) in [6.45, 7) is -0.629. The Morgan fingerprint density at radius 2 is 2.03 bits per heavy atom. The lowest BCUT2D eigenvalue weighted by Crippen LogP contribution is -2.45. The standard InChI is InChI=1S/C16H19N5O8/c17-15-19-10(6-20(15)16(26)13(24)12(23)11(7-22)29-16)14(25)18-5-8-1-3-9(4-2-8)21(27)28/h1-4,6,11-13,22-24,26H,5,7H2,(H2,17,19)(H,18,25)/t11-,12-,13-,16-/m1/s1. The maximum absolute atomic E-state index is 12.3. The Labute approximate surface area is 163 Å². The monoisotopic (exact) mass is 409 g/mol. The van der Waals surface area contributed by atoms with E-state index < -0.39 is 41.7 Å². The number of aromatic nitrogens is 2. The van der Waals surface area contributed by atoms with Crippen LogP contribution in [-0.2, 0) is 17.2 Å². The van der Waals surface area contributed by atoms with Gasteiger partial charge in [-0.3, -0.25) is 19.5 Å². The largest absolute Gasteiger partial charge is 0.394 e. The summed E-state index contributed by atoms with van der Waals surface area (Å²) in [7, 11) is 0. The molecule has 0 aliphatic carbocycles. The highest BCUT2D eigenvalue weighted by atomic mass is 16.7. The van der Waals surface area contributed by atoms with Crippen LogP contribution in [0.25, 0.3) is 0 Å². The minimum atomic E-state index is -2.53. The number of aliphatic hydroxyl groups excluding tert-OH is 3. The molecule has 13 heteroatoms. The fourth-order valence-corrected chi connectivity index (χ4v) is 2.90. The number of hydrogen-bond acceptors (Lipinski definition) is 10. The van der Waals surface area contributed by atoms with Crippen molar-refractivity contribution in [2.24, 2.45) is 0 Å². The van der Waals surface area contributed by atoms with Gasteiger partial charge in [-0.25, -0.2) is 4.98 Å². The molecule has 156 valence electrons. The maximum Gasteiger partial charge on any atom is 0.286 e. The molecule has 2 aromatic rings. The van der Waals surface area contributed by atoms with Gasteiger partial charge in [-0.2, -0.15) is 0 Å². The molecule has 29 heavy (non-hydrogen) atoms. The molecular formula is C16H19N5O8. The van der Waals surface area contributed by atoms with Crippen molar-refractivity contribution in [3.8, 4) is 0 Å². The summed E-state index contributed by atoms with van der Waals surface area (Å²) < 4.78 is 5.88. The number of nitrogens with one attached hydrogen (secondary N) is 1. The average molecular weight is 409 g/mol. The first-order valence-electron chi connectivity index (χ1n) is 8.41. The van der Waals surface area contributed by atoms with E-state index in [1.54, 1.807) is 0 Å². The quantitative estimate of drug-likeness (QED) is 0.229. The Bertz CT molecular complexity index is 917. The van der Waals surface area contributed by atoms with Crippen molar-refractivity contribution in [3.05, 3.63) is 51.8 Å². The zero-order valence-corrected chi connectivity index (χ0v) is 14.9. The topological polar surface area (TPSA) is 206 Å². The molecule has 0 saturated carbocycles. The van der Waals surface area contributed by atoms with E-state index in [1.807, 2.05) is 0 Å². The number of amides is 1. The van der Waals surface area contributed by atoms with E-state index >= 15 is 0 Å². The number of nitrogen functional groups attached to an aromatic ring is 1. The summed E-state index contributed by atoms with van der Waals surface area (Å²) in [5, 5.41) is 52.8. The molecule has 1 fully saturated rings. The number of nitrogens with two attached hydrogens (primary N) is 1. The number of benzene rings is 1. The number of carbonyl (C=O) groups is 1. The second-order valence-corrected chi connectivity index (χ2v) is 6.39. The zero-order valence-electron chi connectivity index (χ0n) is 14.9. The van der Waals surface area contributed by atoms with Crippen LogP contribution >= 0.6 is 0 Å². The molecule has 1 saturated heterocycles. The van der Waals surface area contributed by atoms with Gasteiger partial charge in [0.15, 0.2) is 6.10 Å². The summed E-state index contributed by atoms with van der Waals surface area (Å²) in [6.07, 6.45) is -3.69. The van der Waals surface area contributed by atoms with E-state index in [1.165, 1.54) is 24.3 Å². The van der Waals surface area contributed by atoms with Gasteiger partial charge in [-0.15, -0.1) is 0 Å². The van der Waals surface area contributed by atoms with Crippen molar-refractivity contribution in [3.63, 3.8) is 0 Å². The van der Waals surface area contributed by atoms with Crippen molar-refractivity contribution in [2.45, 2.75) is 30.8 Å². The van der Waals surface area contributed by atoms with Crippen LogP contribution in [0.3, 0.4) is 0 Å². The van der Waals surface area contributed by atoms with Gasteiger partial charge in [0, 0.05) is 24.9 Å². The Morgan fingerprint density at radius 1 is 1.38 bits per heavy atom.